The minimum atomic E-state index is 0.897. The van der Waals surface area contributed by atoms with Crippen LogP contribution in [0.5, 0.6) is 0 Å². The van der Waals surface area contributed by atoms with Gasteiger partial charge in [0.2, 0.25) is 0 Å². The van der Waals surface area contributed by atoms with E-state index in [1.54, 1.807) is 0 Å². The second-order valence-electron chi connectivity index (χ2n) is 4.84. The number of nitrogens with zero attached hydrogens (tertiary/aromatic N) is 1. The second kappa shape index (κ2) is 4.21. The normalized spacial score (nSPS) is 20.4. The molecule has 0 amide bonds. The maximum atomic E-state index is 5.89. The maximum absolute atomic E-state index is 5.89. The monoisotopic (exact) mass is 234 g/mol. The van der Waals surface area contributed by atoms with Gasteiger partial charge < -0.3 is 10.6 Å². The summed E-state index contributed by atoms with van der Waals surface area (Å²) in [6, 6.07) is 6.38. The summed E-state index contributed by atoms with van der Waals surface area (Å²) in [5.41, 5.74) is 9.66. The van der Waals surface area contributed by atoms with Crippen LogP contribution in [-0.2, 0) is 6.42 Å². The molecule has 2 heterocycles. The van der Waals surface area contributed by atoms with Gasteiger partial charge in [-0.25, -0.2) is 0 Å². The van der Waals surface area contributed by atoms with Gasteiger partial charge in [0.05, 0.1) is 0 Å². The van der Waals surface area contributed by atoms with E-state index in [9.17, 15) is 0 Å². The van der Waals surface area contributed by atoms with Crippen molar-refractivity contribution in [2.45, 2.75) is 12.8 Å². The zero-order chi connectivity index (χ0) is 11.0. The molecule has 1 saturated heterocycles. The van der Waals surface area contributed by atoms with Crippen LogP contribution in [0.2, 0.25) is 0 Å². The smallest absolute Gasteiger partial charge is 0.0419 e. The third-order valence-electron chi connectivity index (χ3n) is 3.51. The molecule has 0 aromatic heterocycles. The van der Waals surface area contributed by atoms with Crippen LogP contribution in [0.25, 0.3) is 0 Å². The Hall–Kier alpha value is -0.830. The van der Waals surface area contributed by atoms with Crippen molar-refractivity contribution in [3.63, 3.8) is 0 Å². The van der Waals surface area contributed by atoms with Gasteiger partial charge in [0, 0.05) is 24.5 Å². The second-order valence-corrected chi connectivity index (χ2v) is 5.92. The van der Waals surface area contributed by atoms with Crippen molar-refractivity contribution in [3.05, 3.63) is 23.8 Å². The fourth-order valence-corrected chi connectivity index (χ4v) is 3.34. The Morgan fingerprint density at radius 3 is 3.00 bits per heavy atom. The van der Waals surface area contributed by atoms with Crippen molar-refractivity contribution in [3.8, 4) is 0 Å². The third-order valence-corrected chi connectivity index (χ3v) is 4.92. The summed E-state index contributed by atoms with van der Waals surface area (Å²) in [6.45, 7) is 2.43. The number of hydrogen-bond donors (Lipinski definition) is 1. The largest absolute Gasteiger partial charge is 0.399 e. The van der Waals surface area contributed by atoms with Crippen LogP contribution in [0.15, 0.2) is 18.2 Å². The topological polar surface area (TPSA) is 29.3 Å². The summed E-state index contributed by atoms with van der Waals surface area (Å²) in [7, 11) is 0. The lowest BCUT2D eigenvalue weighted by molar-refractivity contribution is 0.579. The van der Waals surface area contributed by atoms with Crippen molar-refractivity contribution in [1.29, 1.82) is 0 Å². The van der Waals surface area contributed by atoms with E-state index in [0.29, 0.717) is 0 Å². The van der Waals surface area contributed by atoms with Crippen LogP contribution in [0, 0.1) is 5.92 Å². The molecule has 0 unspecified atom stereocenters. The molecule has 86 valence electrons. The zero-order valence-electron chi connectivity index (χ0n) is 9.48. The highest BCUT2D eigenvalue weighted by molar-refractivity contribution is 8.00. The first kappa shape index (κ1) is 10.3. The lowest BCUT2D eigenvalue weighted by Crippen LogP contribution is -2.38. The van der Waals surface area contributed by atoms with Crippen molar-refractivity contribution in [2.24, 2.45) is 5.92 Å². The van der Waals surface area contributed by atoms with E-state index in [-0.39, 0.29) is 0 Å². The molecule has 0 saturated carbocycles. The van der Waals surface area contributed by atoms with Crippen LogP contribution < -0.4 is 10.6 Å². The molecule has 3 rings (SSSR count). The number of fused-ring (bicyclic) bond motifs is 1. The Bertz CT molecular complexity index is 388. The van der Waals surface area contributed by atoms with Crippen LogP contribution in [0.4, 0.5) is 11.4 Å². The molecule has 2 aliphatic heterocycles. The van der Waals surface area contributed by atoms with E-state index in [1.807, 2.05) is 6.07 Å². The SMILES string of the molecule is Nc1ccc2c(c1)N(CC1CSC1)CCC2. The van der Waals surface area contributed by atoms with Crippen molar-refractivity contribution in [2.75, 3.05) is 35.2 Å². The molecule has 16 heavy (non-hydrogen) atoms. The van der Waals surface area contributed by atoms with Gasteiger partial charge in [-0.15, -0.1) is 0 Å². The predicted molar refractivity (Wildman–Crippen MR) is 72.2 cm³/mol. The van der Waals surface area contributed by atoms with Gasteiger partial charge in [-0.1, -0.05) is 6.07 Å². The Labute approximate surface area is 101 Å². The highest BCUT2D eigenvalue weighted by Gasteiger charge is 2.24. The lowest BCUT2D eigenvalue weighted by Gasteiger charge is -2.37. The van der Waals surface area contributed by atoms with Crippen molar-refractivity contribution in [1.82, 2.24) is 0 Å². The fourth-order valence-electron chi connectivity index (χ4n) is 2.56. The van der Waals surface area contributed by atoms with Crippen LogP contribution in [-0.4, -0.2) is 24.6 Å². The Balaban J connectivity index is 1.83. The Morgan fingerprint density at radius 2 is 2.25 bits per heavy atom. The predicted octanol–water partition coefficient (Wildman–Crippen LogP) is 2.38. The molecule has 1 aromatic rings. The van der Waals surface area contributed by atoms with Gasteiger partial charge >= 0.3 is 0 Å². The van der Waals surface area contributed by atoms with Crippen molar-refractivity contribution < 1.29 is 0 Å². The molecule has 0 radical (unpaired) electrons. The molecule has 0 aliphatic carbocycles. The van der Waals surface area contributed by atoms with E-state index in [2.05, 4.69) is 28.8 Å². The summed E-state index contributed by atoms with van der Waals surface area (Å²) in [5.74, 6) is 3.58. The van der Waals surface area contributed by atoms with Crippen LogP contribution >= 0.6 is 11.8 Å². The van der Waals surface area contributed by atoms with Gasteiger partial charge in [0.15, 0.2) is 0 Å². The molecular formula is C13H18N2S. The molecule has 0 spiro atoms. The molecule has 1 aromatic carbocycles. The van der Waals surface area contributed by atoms with Gasteiger partial charge in [-0.3, -0.25) is 0 Å². The van der Waals surface area contributed by atoms with Crippen LogP contribution in [0.1, 0.15) is 12.0 Å². The van der Waals surface area contributed by atoms with Gasteiger partial charge in [0.25, 0.3) is 0 Å². The third kappa shape index (κ3) is 1.88. The number of nitrogen functional groups attached to an aromatic ring is 1. The number of hydrogen-bond acceptors (Lipinski definition) is 3. The van der Waals surface area contributed by atoms with E-state index in [4.69, 9.17) is 5.73 Å². The summed E-state index contributed by atoms with van der Waals surface area (Å²) >= 11 is 2.07. The molecule has 0 bridgehead atoms. The van der Waals surface area contributed by atoms with E-state index in [0.717, 1.165) is 11.6 Å². The molecule has 2 N–H and O–H groups in total. The number of rotatable bonds is 2. The average molecular weight is 234 g/mol. The molecule has 3 heteroatoms. The summed E-state index contributed by atoms with van der Waals surface area (Å²) in [5, 5.41) is 0. The summed E-state index contributed by atoms with van der Waals surface area (Å²) in [6.07, 6.45) is 2.50. The molecule has 2 aliphatic rings. The first-order chi connectivity index (χ1) is 7.83. The van der Waals surface area contributed by atoms with E-state index >= 15 is 0 Å². The summed E-state index contributed by atoms with van der Waals surface area (Å²) < 4.78 is 0. The van der Waals surface area contributed by atoms with Gasteiger partial charge in [0.1, 0.15) is 0 Å². The number of benzene rings is 1. The van der Waals surface area contributed by atoms with Gasteiger partial charge in [-0.05, 0) is 48.0 Å². The maximum Gasteiger partial charge on any atom is 0.0419 e. The quantitative estimate of drug-likeness (QED) is 0.797. The molecular weight excluding hydrogens is 216 g/mol. The highest BCUT2D eigenvalue weighted by atomic mass is 32.2. The Kier molecular flexibility index (Phi) is 2.72. The summed E-state index contributed by atoms with van der Waals surface area (Å²) in [4.78, 5) is 2.54. The first-order valence-electron chi connectivity index (χ1n) is 6.04. The first-order valence-corrected chi connectivity index (χ1v) is 7.19. The average Bonchev–Trinajstić information content (AvgIpc) is 2.23. The highest BCUT2D eigenvalue weighted by Crippen LogP contribution is 2.32. The minimum absolute atomic E-state index is 0.897. The van der Waals surface area contributed by atoms with E-state index in [1.165, 1.54) is 48.7 Å². The number of nitrogens with two attached hydrogens (primary N) is 1. The van der Waals surface area contributed by atoms with Crippen LogP contribution in [0.3, 0.4) is 0 Å². The van der Waals surface area contributed by atoms with E-state index < -0.39 is 0 Å². The number of aryl methyl sites for hydroxylation is 1. The Morgan fingerprint density at radius 1 is 1.38 bits per heavy atom. The molecule has 0 atom stereocenters. The van der Waals surface area contributed by atoms with Gasteiger partial charge in [-0.2, -0.15) is 11.8 Å². The molecule has 1 fully saturated rings. The minimum Gasteiger partial charge on any atom is -0.399 e. The number of anilines is 2. The van der Waals surface area contributed by atoms with Crippen molar-refractivity contribution >= 4 is 23.1 Å². The zero-order valence-corrected chi connectivity index (χ0v) is 10.3. The fraction of sp³-hybridized carbons (Fsp3) is 0.538. The molecule has 2 nitrogen and oxygen atoms in total. The standard InChI is InChI=1S/C13H18N2S/c14-12-4-3-11-2-1-5-15(13(11)6-12)7-10-8-16-9-10/h3-4,6,10H,1-2,5,7-9,14H2. The lowest BCUT2D eigenvalue weighted by atomic mass is 10.00. The number of thioether (sulfide) groups is 1.